The topological polar surface area (TPSA) is 24.1 Å². The Labute approximate surface area is 119 Å². The second-order valence-corrected chi connectivity index (χ2v) is 6.07. The minimum atomic E-state index is 0.691. The number of nitrogens with one attached hydrogen (secondary N) is 2. The van der Waals surface area contributed by atoms with E-state index in [1.807, 2.05) is 7.05 Å². The lowest BCUT2D eigenvalue weighted by molar-refractivity contribution is 0.352. The minimum Gasteiger partial charge on any atom is -0.319 e. The highest BCUT2D eigenvalue weighted by Crippen LogP contribution is 2.16. The van der Waals surface area contributed by atoms with Crippen molar-refractivity contribution in [1.29, 1.82) is 0 Å². The summed E-state index contributed by atoms with van der Waals surface area (Å²) in [6, 6.07) is 4.55. The molecule has 1 rings (SSSR count). The molecule has 0 aliphatic heterocycles. The first-order valence-corrected chi connectivity index (χ1v) is 7.37. The van der Waals surface area contributed by atoms with Gasteiger partial charge in [0.05, 0.1) is 0 Å². The summed E-state index contributed by atoms with van der Waals surface area (Å²) in [5.41, 5.74) is 5.62. The van der Waals surface area contributed by atoms with Gasteiger partial charge in [0, 0.05) is 6.54 Å². The fraction of sp³-hybridized carbons (Fsp3) is 0.647. The fourth-order valence-electron chi connectivity index (χ4n) is 2.68. The summed E-state index contributed by atoms with van der Waals surface area (Å²) in [4.78, 5) is 0. The van der Waals surface area contributed by atoms with Crippen molar-refractivity contribution >= 4 is 0 Å². The van der Waals surface area contributed by atoms with Gasteiger partial charge < -0.3 is 10.6 Å². The molecule has 2 N–H and O–H groups in total. The molecule has 1 unspecified atom stereocenters. The van der Waals surface area contributed by atoms with Crippen LogP contribution in [0.15, 0.2) is 12.1 Å². The third-order valence-corrected chi connectivity index (χ3v) is 3.96. The predicted molar refractivity (Wildman–Crippen MR) is 84.6 cm³/mol. The van der Waals surface area contributed by atoms with Crippen molar-refractivity contribution in [2.24, 2.45) is 11.8 Å². The third kappa shape index (κ3) is 4.96. The van der Waals surface area contributed by atoms with Gasteiger partial charge in [-0.3, -0.25) is 0 Å². The van der Waals surface area contributed by atoms with E-state index in [2.05, 4.69) is 57.4 Å². The molecule has 0 heterocycles. The van der Waals surface area contributed by atoms with Crippen LogP contribution < -0.4 is 10.6 Å². The molecule has 0 bridgehead atoms. The van der Waals surface area contributed by atoms with Gasteiger partial charge in [0.15, 0.2) is 0 Å². The number of hydrogen-bond acceptors (Lipinski definition) is 2. The van der Waals surface area contributed by atoms with Crippen molar-refractivity contribution in [3.05, 3.63) is 34.4 Å². The SMILES string of the molecule is CNCC(CNCc1c(C)cc(C)cc1C)C(C)C. The van der Waals surface area contributed by atoms with Crippen LogP contribution >= 0.6 is 0 Å². The minimum absolute atomic E-state index is 0.691. The highest BCUT2D eigenvalue weighted by molar-refractivity contribution is 5.37. The highest BCUT2D eigenvalue weighted by Gasteiger charge is 2.12. The Morgan fingerprint density at radius 1 is 1.00 bits per heavy atom. The smallest absolute Gasteiger partial charge is 0.0210 e. The standard InChI is InChI=1S/C17H30N2/c1-12(2)16(9-18-6)10-19-11-17-14(4)7-13(3)8-15(17)5/h7-8,12,16,18-19H,9-11H2,1-6H3. The van der Waals surface area contributed by atoms with Crippen LogP contribution in [0.5, 0.6) is 0 Å². The van der Waals surface area contributed by atoms with Gasteiger partial charge in [-0.15, -0.1) is 0 Å². The number of rotatable bonds is 7. The molecule has 0 saturated heterocycles. The van der Waals surface area contributed by atoms with Crippen LogP contribution in [-0.2, 0) is 6.54 Å². The number of benzene rings is 1. The average Bonchev–Trinajstić information content (AvgIpc) is 2.30. The lowest BCUT2D eigenvalue weighted by Crippen LogP contribution is -2.33. The van der Waals surface area contributed by atoms with Crippen molar-refractivity contribution in [2.45, 2.75) is 41.2 Å². The summed E-state index contributed by atoms with van der Waals surface area (Å²) in [7, 11) is 2.03. The fourth-order valence-corrected chi connectivity index (χ4v) is 2.68. The van der Waals surface area contributed by atoms with E-state index in [1.165, 1.54) is 22.3 Å². The summed E-state index contributed by atoms with van der Waals surface area (Å²) in [6.45, 7) is 14.3. The largest absolute Gasteiger partial charge is 0.319 e. The molecule has 0 spiro atoms. The first kappa shape index (κ1) is 16.2. The monoisotopic (exact) mass is 262 g/mol. The molecular formula is C17H30N2. The molecule has 0 amide bonds. The molecule has 0 fully saturated rings. The van der Waals surface area contributed by atoms with Crippen LogP contribution in [-0.4, -0.2) is 20.1 Å². The summed E-state index contributed by atoms with van der Waals surface area (Å²) in [5, 5.41) is 6.92. The molecule has 0 aliphatic carbocycles. The lowest BCUT2D eigenvalue weighted by atomic mass is 9.95. The summed E-state index contributed by atoms with van der Waals surface area (Å²) >= 11 is 0. The highest BCUT2D eigenvalue weighted by atomic mass is 14.9. The molecule has 1 aromatic rings. The summed E-state index contributed by atoms with van der Waals surface area (Å²) in [5.74, 6) is 1.40. The van der Waals surface area contributed by atoms with E-state index in [4.69, 9.17) is 0 Å². The van der Waals surface area contributed by atoms with Gasteiger partial charge in [-0.25, -0.2) is 0 Å². The Bertz CT molecular complexity index is 373. The molecule has 2 heteroatoms. The molecule has 0 saturated carbocycles. The molecule has 2 nitrogen and oxygen atoms in total. The Kier molecular flexibility index (Phi) is 6.53. The van der Waals surface area contributed by atoms with Gasteiger partial charge in [0.1, 0.15) is 0 Å². The third-order valence-electron chi connectivity index (χ3n) is 3.96. The Balaban J connectivity index is 2.57. The van der Waals surface area contributed by atoms with E-state index >= 15 is 0 Å². The van der Waals surface area contributed by atoms with Crippen molar-refractivity contribution < 1.29 is 0 Å². The van der Waals surface area contributed by atoms with Gasteiger partial charge in [0.25, 0.3) is 0 Å². The van der Waals surface area contributed by atoms with E-state index in [1.54, 1.807) is 0 Å². The summed E-state index contributed by atoms with van der Waals surface area (Å²) in [6.07, 6.45) is 0. The second kappa shape index (κ2) is 7.66. The van der Waals surface area contributed by atoms with E-state index in [-0.39, 0.29) is 0 Å². The van der Waals surface area contributed by atoms with Gasteiger partial charge in [0.2, 0.25) is 0 Å². The van der Waals surface area contributed by atoms with Gasteiger partial charge in [-0.05, 0) is 69.4 Å². The Hall–Kier alpha value is -0.860. The molecule has 1 atom stereocenters. The first-order chi connectivity index (χ1) is 8.95. The molecule has 1 aromatic carbocycles. The second-order valence-electron chi connectivity index (χ2n) is 6.07. The van der Waals surface area contributed by atoms with Crippen molar-refractivity contribution in [1.82, 2.24) is 10.6 Å². The molecule has 0 radical (unpaired) electrons. The van der Waals surface area contributed by atoms with Crippen molar-refractivity contribution in [3.63, 3.8) is 0 Å². The van der Waals surface area contributed by atoms with Crippen molar-refractivity contribution in [3.8, 4) is 0 Å². The van der Waals surface area contributed by atoms with E-state index in [0.29, 0.717) is 11.8 Å². The van der Waals surface area contributed by atoms with Crippen LogP contribution in [0.3, 0.4) is 0 Å². The van der Waals surface area contributed by atoms with Crippen LogP contribution in [0.1, 0.15) is 36.1 Å². The predicted octanol–water partition coefficient (Wildman–Crippen LogP) is 3.19. The number of hydrogen-bond donors (Lipinski definition) is 2. The maximum atomic E-state index is 3.63. The van der Waals surface area contributed by atoms with Crippen molar-refractivity contribution in [2.75, 3.05) is 20.1 Å². The van der Waals surface area contributed by atoms with E-state index < -0.39 is 0 Å². The summed E-state index contributed by atoms with van der Waals surface area (Å²) < 4.78 is 0. The van der Waals surface area contributed by atoms with Crippen LogP contribution in [0.4, 0.5) is 0 Å². The van der Waals surface area contributed by atoms with E-state index in [9.17, 15) is 0 Å². The zero-order valence-electron chi connectivity index (χ0n) is 13.4. The molecule has 0 aromatic heterocycles. The first-order valence-electron chi connectivity index (χ1n) is 7.37. The zero-order valence-corrected chi connectivity index (χ0v) is 13.4. The maximum Gasteiger partial charge on any atom is 0.0210 e. The van der Waals surface area contributed by atoms with E-state index in [0.717, 1.165) is 19.6 Å². The van der Waals surface area contributed by atoms with Gasteiger partial charge in [-0.1, -0.05) is 31.5 Å². The molecule has 108 valence electrons. The van der Waals surface area contributed by atoms with Gasteiger partial charge in [-0.2, -0.15) is 0 Å². The van der Waals surface area contributed by atoms with Crippen LogP contribution in [0.25, 0.3) is 0 Å². The van der Waals surface area contributed by atoms with Gasteiger partial charge >= 0.3 is 0 Å². The maximum absolute atomic E-state index is 3.63. The molecule has 0 aliphatic rings. The lowest BCUT2D eigenvalue weighted by Gasteiger charge is -2.21. The molecule has 19 heavy (non-hydrogen) atoms. The normalized spacial score (nSPS) is 13.0. The Morgan fingerprint density at radius 2 is 1.58 bits per heavy atom. The van der Waals surface area contributed by atoms with Crippen LogP contribution in [0.2, 0.25) is 0 Å². The number of aryl methyl sites for hydroxylation is 3. The average molecular weight is 262 g/mol. The quantitative estimate of drug-likeness (QED) is 0.788. The van der Waals surface area contributed by atoms with Crippen LogP contribution in [0, 0.1) is 32.6 Å². The zero-order chi connectivity index (χ0) is 14.4. The molecular weight excluding hydrogens is 232 g/mol. The Morgan fingerprint density at radius 3 is 2.05 bits per heavy atom.